The van der Waals surface area contributed by atoms with Crippen LogP contribution in [0, 0.1) is 0 Å². The van der Waals surface area contributed by atoms with Crippen molar-refractivity contribution in [3.63, 3.8) is 0 Å². The molecule has 1 atom stereocenters. The van der Waals surface area contributed by atoms with Gasteiger partial charge in [-0.15, -0.1) is 24.8 Å². The van der Waals surface area contributed by atoms with E-state index in [9.17, 15) is 0 Å². The zero-order chi connectivity index (χ0) is 19.1. The molecular formula is C20H36Cl3N5. The highest BCUT2D eigenvalue weighted by Crippen LogP contribution is 2.26. The smallest absolute Gasteiger partial charge is 0.156 e. The Hall–Kier alpha value is -0.720. The van der Waals surface area contributed by atoms with Gasteiger partial charge < -0.3 is 15.1 Å². The number of aromatic nitrogens is 2. The van der Waals surface area contributed by atoms with Crippen molar-refractivity contribution in [2.75, 3.05) is 45.6 Å². The number of halogens is 3. The SMILES string of the molecule is CCN(CC)CCCNc1nn(CCC(C)N(C)C)c2ccc(Cl)cc12.Cl.Cl. The van der Waals surface area contributed by atoms with Crippen molar-refractivity contribution in [2.45, 2.75) is 46.2 Å². The second-order valence-corrected chi connectivity index (χ2v) is 7.58. The average Bonchev–Trinajstić information content (AvgIpc) is 2.96. The summed E-state index contributed by atoms with van der Waals surface area (Å²) in [5.74, 6) is 0.944. The van der Waals surface area contributed by atoms with E-state index in [-0.39, 0.29) is 24.8 Å². The first-order valence-corrected chi connectivity index (χ1v) is 10.1. The van der Waals surface area contributed by atoms with E-state index in [0.717, 1.165) is 67.3 Å². The molecule has 0 spiro atoms. The van der Waals surface area contributed by atoms with Gasteiger partial charge in [0.05, 0.1) is 5.52 Å². The van der Waals surface area contributed by atoms with Gasteiger partial charge in [-0.05, 0) is 71.7 Å². The fourth-order valence-electron chi connectivity index (χ4n) is 3.07. The van der Waals surface area contributed by atoms with Crippen LogP contribution in [0.15, 0.2) is 18.2 Å². The molecule has 5 nitrogen and oxygen atoms in total. The van der Waals surface area contributed by atoms with Gasteiger partial charge in [0.1, 0.15) is 0 Å². The van der Waals surface area contributed by atoms with E-state index >= 15 is 0 Å². The lowest BCUT2D eigenvalue weighted by atomic mass is 10.2. The molecule has 0 radical (unpaired) electrons. The van der Waals surface area contributed by atoms with Gasteiger partial charge in [-0.3, -0.25) is 4.68 Å². The number of benzene rings is 1. The van der Waals surface area contributed by atoms with E-state index in [1.807, 2.05) is 12.1 Å². The molecular weight excluding hydrogens is 417 g/mol. The van der Waals surface area contributed by atoms with Crippen LogP contribution in [0.1, 0.15) is 33.6 Å². The summed E-state index contributed by atoms with van der Waals surface area (Å²) >= 11 is 6.23. The van der Waals surface area contributed by atoms with Gasteiger partial charge in [0.2, 0.25) is 0 Å². The summed E-state index contributed by atoms with van der Waals surface area (Å²) in [5.41, 5.74) is 1.14. The van der Waals surface area contributed by atoms with E-state index in [1.54, 1.807) is 0 Å². The van der Waals surface area contributed by atoms with Crippen LogP contribution in [0.2, 0.25) is 5.02 Å². The number of aryl methyl sites for hydroxylation is 1. The predicted octanol–water partition coefficient (Wildman–Crippen LogP) is 5.02. The average molecular weight is 453 g/mol. The van der Waals surface area contributed by atoms with Crippen LogP contribution in [0.5, 0.6) is 0 Å². The molecule has 0 amide bonds. The van der Waals surface area contributed by atoms with Crippen molar-refractivity contribution in [1.29, 1.82) is 0 Å². The molecule has 0 saturated heterocycles. The highest BCUT2D eigenvalue weighted by Gasteiger charge is 2.12. The predicted molar refractivity (Wildman–Crippen MR) is 128 cm³/mol. The molecule has 0 aliphatic carbocycles. The molecule has 1 aromatic carbocycles. The van der Waals surface area contributed by atoms with E-state index in [4.69, 9.17) is 16.7 Å². The maximum Gasteiger partial charge on any atom is 0.156 e. The Labute approximate surface area is 187 Å². The normalized spacial score (nSPS) is 12.1. The van der Waals surface area contributed by atoms with Crippen LogP contribution in [-0.4, -0.2) is 65.9 Å². The summed E-state index contributed by atoms with van der Waals surface area (Å²) in [6.45, 7) is 11.8. The number of anilines is 1. The summed E-state index contributed by atoms with van der Waals surface area (Å²) in [5, 5.41) is 10.2. The second kappa shape index (κ2) is 13.5. The third-order valence-electron chi connectivity index (χ3n) is 5.19. The number of rotatable bonds is 11. The minimum atomic E-state index is 0. The Morgan fingerprint density at radius 2 is 1.86 bits per heavy atom. The molecule has 162 valence electrons. The van der Waals surface area contributed by atoms with E-state index in [1.165, 1.54) is 0 Å². The molecule has 28 heavy (non-hydrogen) atoms. The first-order chi connectivity index (χ1) is 12.5. The minimum Gasteiger partial charge on any atom is -0.368 e. The zero-order valence-electron chi connectivity index (χ0n) is 17.7. The Morgan fingerprint density at radius 3 is 2.46 bits per heavy atom. The van der Waals surface area contributed by atoms with Gasteiger partial charge in [0, 0.05) is 29.5 Å². The largest absolute Gasteiger partial charge is 0.368 e. The first kappa shape index (κ1) is 27.3. The van der Waals surface area contributed by atoms with Crippen molar-refractivity contribution in [2.24, 2.45) is 0 Å². The summed E-state index contributed by atoms with van der Waals surface area (Å²) in [6.07, 6.45) is 2.17. The second-order valence-electron chi connectivity index (χ2n) is 7.14. The van der Waals surface area contributed by atoms with Crippen LogP contribution in [0.25, 0.3) is 10.9 Å². The molecule has 1 heterocycles. The van der Waals surface area contributed by atoms with Crippen LogP contribution in [0.4, 0.5) is 5.82 Å². The van der Waals surface area contributed by atoms with Crippen molar-refractivity contribution < 1.29 is 0 Å². The highest BCUT2D eigenvalue weighted by atomic mass is 35.5. The van der Waals surface area contributed by atoms with Crippen LogP contribution < -0.4 is 5.32 Å². The molecule has 1 N–H and O–H groups in total. The van der Waals surface area contributed by atoms with Gasteiger partial charge in [0.15, 0.2) is 5.82 Å². The lowest BCUT2D eigenvalue weighted by molar-refractivity contribution is 0.286. The number of nitrogens with zero attached hydrogens (tertiary/aromatic N) is 4. The van der Waals surface area contributed by atoms with Gasteiger partial charge in [-0.25, -0.2) is 0 Å². The molecule has 0 saturated carbocycles. The third-order valence-corrected chi connectivity index (χ3v) is 5.43. The molecule has 8 heteroatoms. The zero-order valence-corrected chi connectivity index (χ0v) is 20.1. The molecule has 2 rings (SSSR count). The quantitative estimate of drug-likeness (QED) is 0.486. The van der Waals surface area contributed by atoms with E-state index in [2.05, 4.69) is 60.7 Å². The van der Waals surface area contributed by atoms with Crippen LogP contribution >= 0.6 is 36.4 Å². The van der Waals surface area contributed by atoms with Gasteiger partial charge in [-0.1, -0.05) is 25.4 Å². The highest BCUT2D eigenvalue weighted by molar-refractivity contribution is 6.31. The number of hydrogen-bond donors (Lipinski definition) is 1. The summed E-state index contributed by atoms with van der Waals surface area (Å²) < 4.78 is 2.11. The fourth-order valence-corrected chi connectivity index (χ4v) is 3.24. The monoisotopic (exact) mass is 451 g/mol. The Morgan fingerprint density at radius 1 is 1.18 bits per heavy atom. The van der Waals surface area contributed by atoms with Gasteiger partial charge in [-0.2, -0.15) is 5.10 Å². The van der Waals surface area contributed by atoms with Crippen molar-refractivity contribution in [3.05, 3.63) is 23.2 Å². The molecule has 1 unspecified atom stereocenters. The van der Waals surface area contributed by atoms with Crippen LogP contribution in [0.3, 0.4) is 0 Å². The van der Waals surface area contributed by atoms with E-state index < -0.39 is 0 Å². The van der Waals surface area contributed by atoms with Gasteiger partial charge >= 0.3 is 0 Å². The number of nitrogens with one attached hydrogen (secondary N) is 1. The number of hydrogen-bond acceptors (Lipinski definition) is 4. The fraction of sp³-hybridized carbons (Fsp3) is 0.650. The lowest BCUT2D eigenvalue weighted by Gasteiger charge is -2.19. The lowest BCUT2D eigenvalue weighted by Crippen LogP contribution is -2.26. The third kappa shape index (κ3) is 7.60. The summed E-state index contributed by atoms with van der Waals surface area (Å²) in [7, 11) is 4.24. The molecule has 0 bridgehead atoms. The van der Waals surface area contributed by atoms with Gasteiger partial charge in [0.25, 0.3) is 0 Å². The molecule has 0 fully saturated rings. The number of fused-ring (bicyclic) bond motifs is 1. The molecule has 1 aromatic heterocycles. The summed E-state index contributed by atoms with van der Waals surface area (Å²) in [4.78, 5) is 4.69. The van der Waals surface area contributed by atoms with E-state index in [0.29, 0.717) is 6.04 Å². The Bertz CT molecular complexity index is 686. The molecule has 0 aliphatic rings. The maximum absolute atomic E-state index is 6.23. The van der Waals surface area contributed by atoms with Crippen molar-refractivity contribution in [1.82, 2.24) is 19.6 Å². The standard InChI is InChI=1S/C20H34ClN5.2ClH/c1-6-25(7-2)13-8-12-22-20-18-15-17(21)9-10-19(18)26(23-20)14-11-16(3)24(4)5;;/h9-10,15-16H,6-8,11-14H2,1-5H3,(H,22,23);2*1H. The molecule has 2 aromatic rings. The minimum absolute atomic E-state index is 0. The first-order valence-electron chi connectivity index (χ1n) is 9.75. The molecule has 0 aliphatic heterocycles. The maximum atomic E-state index is 6.23. The van der Waals surface area contributed by atoms with Crippen molar-refractivity contribution >= 4 is 53.1 Å². The summed E-state index contributed by atoms with van der Waals surface area (Å²) in [6, 6.07) is 6.56. The van der Waals surface area contributed by atoms with Crippen LogP contribution in [-0.2, 0) is 6.54 Å². The topological polar surface area (TPSA) is 36.3 Å². The Kier molecular flexibility index (Phi) is 13.1. The van der Waals surface area contributed by atoms with Crippen molar-refractivity contribution in [3.8, 4) is 0 Å². The Balaban J connectivity index is 0.00000364.